The molecule has 0 bridgehead atoms. The first-order chi connectivity index (χ1) is 18.6. The van der Waals surface area contributed by atoms with E-state index < -0.39 is 0 Å². The topological polar surface area (TPSA) is 108 Å². The van der Waals surface area contributed by atoms with Crippen LogP contribution >= 0.6 is 0 Å². The van der Waals surface area contributed by atoms with Crippen LogP contribution < -0.4 is 4.90 Å². The van der Waals surface area contributed by atoms with Crippen LogP contribution in [0.5, 0.6) is 0 Å². The summed E-state index contributed by atoms with van der Waals surface area (Å²) in [5, 5.41) is 18.3. The number of amides is 1. The van der Waals surface area contributed by atoms with Gasteiger partial charge in [0.1, 0.15) is 11.9 Å². The number of nitriles is 1. The van der Waals surface area contributed by atoms with Gasteiger partial charge in [0.25, 0.3) is 0 Å². The molecule has 0 saturated carbocycles. The number of benzene rings is 1. The molecule has 0 unspecified atom stereocenters. The minimum absolute atomic E-state index is 0.143. The fraction of sp³-hybridized carbons (Fsp3) is 0.214. The number of carbonyl (C=O) groups is 1. The molecule has 5 heterocycles. The van der Waals surface area contributed by atoms with Gasteiger partial charge in [-0.25, -0.2) is 9.50 Å². The maximum absolute atomic E-state index is 12.7. The first-order valence-electron chi connectivity index (χ1n) is 12.4. The number of hydrogen-bond donors (Lipinski definition) is 0. The van der Waals surface area contributed by atoms with Crippen LogP contribution in [0.3, 0.4) is 0 Å². The molecule has 1 amide bonds. The first-order valence-corrected chi connectivity index (χ1v) is 12.4. The molecular weight excluding hydrogens is 478 g/mol. The smallest absolute Gasteiger partial charge is 0.227 e. The molecule has 0 aliphatic carbocycles. The second-order valence-electron chi connectivity index (χ2n) is 9.30. The molecule has 4 aromatic heterocycles. The average Bonchev–Trinajstić information content (AvgIpc) is 3.59. The van der Waals surface area contributed by atoms with Crippen LogP contribution in [-0.2, 0) is 18.3 Å². The summed E-state index contributed by atoms with van der Waals surface area (Å²) in [6.07, 6.45) is 11.1. The van der Waals surface area contributed by atoms with E-state index in [0.29, 0.717) is 49.4 Å². The largest absolute Gasteiger partial charge is 0.352 e. The van der Waals surface area contributed by atoms with Crippen molar-refractivity contribution >= 4 is 17.2 Å². The van der Waals surface area contributed by atoms with E-state index in [9.17, 15) is 10.1 Å². The molecule has 1 aliphatic heterocycles. The second kappa shape index (κ2) is 9.78. The van der Waals surface area contributed by atoms with Gasteiger partial charge in [0.2, 0.25) is 5.91 Å². The quantitative estimate of drug-likeness (QED) is 0.363. The zero-order valence-electron chi connectivity index (χ0n) is 20.9. The lowest BCUT2D eigenvalue weighted by Crippen LogP contribution is -2.49. The van der Waals surface area contributed by atoms with Gasteiger partial charge < -0.3 is 9.80 Å². The van der Waals surface area contributed by atoms with Crippen molar-refractivity contribution < 1.29 is 4.79 Å². The number of fused-ring (bicyclic) bond motifs is 1. The molecule has 0 N–H and O–H groups in total. The molecule has 1 saturated heterocycles. The number of carbonyl (C=O) groups excluding carboxylic acids is 1. The Kier molecular flexibility index (Phi) is 6.01. The monoisotopic (exact) mass is 503 g/mol. The van der Waals surface area contributed by atoms with E-state index in [-0.39, 0.29) is 5.91 Å². The minimum Gasteiger partial charge on any atom is -0.352 e. The summed E-state index contributed by atoms with van der Waals surface area (Å²) in [5.41, 5.74) is 5.46. The first kappa shape index (κ1) is 23.4. The van der Waals surface area contributed by atoms with Gasteiger partial charge >= 0.3 is 0 Å². The molecule has 0 spiro atoms. The van der Waals surface area contributed by atoms with Gasteiger partial charge in [-0.05, 0) is 11.6 Å². The fourth-order valence-electron chi connectivity index (χ4n) is 4.82. The molecule has 1 aliphatic rings. The zero-order chi connectivity index (χ0) is 26.1. The molecule has 0 atom stereocenters. The Hall–Kier alpha value is -5.04. The molecule has 10 heteroatoms. The lowest BCUT2D eigenvalue weighted by molar-refractivity contribution is -0.130. The molecule has 5 aromatic rings. The summed E-state index contributed by atoms with van der Waals surface area (Å²) < 4.78 is 3.45. The summed E-state index contributed by atoms with van der Waals surface area (Å²) in [7, 11) is 1.87. The number of anilines is 1. The predicted molar refractivity (Wildman–Crippen MR) is 142 cm³/mol. The zero-order valence-corrected chi connectivity index (χ0v) is 20.9. The summed E-state index contributed by atoms with van der Waals surface area (Å²) in [5.74, 6) is 0.904. The standard InChI is InChI=1S/C28H25N9O/c1-34-18-23(15-32-34)21-12-24(28-22(13-29)14-33-37(28)19-21)25-16-31-26(17-30-25)35-7-9-36(10-8-35)27(38)11-20-5-3-2-4-6-20/h2-6,12,14-19H,7-11H2,1H3. The molecule has 1 aromatic carbocycles. The van der Waals surface area contributed by atoms with Gasteiger partial charge in [0.15, 0.2) is 0 Å². The van der Waals surface area contributed by atoms with Crippen LogP contribution in [0.1, 0.15) is 11.1 Å². The molecule has 0 radical (unpaired) electrons. The van der Waals surface area contributed by atoms with Crippen molar-refractivity contribution in [3.8, 4) is 28.5 Å². The lowest BCUT2D eigenvalue weighted by atomic mass is 10.0. The van der Waals surface area contributed by atoms with Crippen LogP contribution in [0.4, 0.5) is 5.82 Å². The van der Waals surface area contributed by atoms with E-state index in [1.54, 1.807) is 34.0 Å². The summed E-state index contributed by atoms with van der Waals surface area (Å²) in [6, 6.07) is 14.1. The lowest BCUT2D eigenvalue weighted by Gasteiger charge is -2.35. The fourth-order valence-corrected chi connectivity index (χ4v) is 4.82. The maximum Gasteiger partial charge on any atom is 0.227 e. The van der Waals surface area contributed by atoms with Crippen molar-refractivity contribution in [3.05, 3.63) is 84.7 Å². The Balaban J connectivity index is 1.22. The number of hydrogen-bond acceptors (Lipinski definition) is 7. The Labute approximate surface area is 219 Å². The number of nitrogens with zero attached hydrogens (tertiary/aromatic N) is 9. The highest BCUT2D eigenvalue weighted by Gasteiger charge is 2.23. The summed E-state index contributed by atoms with van der Waals surface area (Å²) >= 11 is 0. The van der Waals surface area contributed by atoms with E-state index >= 15 is 0 Å². The van der Waals surface area contributed by atoms with Crippen LogP contribution in [0, 0.1) is 11.3 Å². The number of aryl methyl sites for hydroxylation is 1. The predicted octanol–water partition coefficient (Wildman–Crippen LogP) is 2.95. The Bertz CT molecular complexity index is 1640. The van der Waals surface area contributed by atoms with Crippen molar-refractivity contribution in [1.29, 1.82) is 5.26 Å². The minimum atomic E-state index is 0.143. The third kappa shape index (κ3) is 4.46. The number of piperazine rings is 1. The van der Waals surface area contributed by atoms with Gasteiger partial charge in [-0.3, -0.25) is 14.5 Å². The van der Waals surface area contributed by atoms with Crippen molar-refractivity contribution in [2.24, 2.45) is 7.05 Å². The van der Waals surface area contributed by atoms with Gasteiger partial charge in [0, 0.05) is 62.3 Å². The third-order valence-corrected chi connectivity index (χ3v) is 6.84. The van der Waals surface area contributed by atoms with Crippen LogP contribution in [0.15, 0.2) is 73.6 Å². The average molecular weight is 504 g/mol. The number of rotatable bonds is 5. The molecular formula is C28H25N9O. The van der Waals surface area contributed by atoms with Crippen LogP contribution in [-0.4, -0.2) is 66.3 Å². The normalized spacial score (nSPS) is 13.6. The maximum atomic E-state index is 12.7. The highest BCUT2D eigenvalue weighted by Crippen LogP contribution is 2.31. The Morgan fingerprint density at radius 3 is 2.45 bits per heavy atom. The van der Waals surface area contributed by atoms with Crippen molar-refractivity contribution in [2.45, 2.75) is 6.42 Å². The van der Waals surface area contributed by atoms with Gasteiger partial charge in [0.05, 0.1) is 48.0 Å². The van der Waals surface area contributed by atoms with Crippen LogP contribution in [0.25, 0.3) is 27.9 Å². The third-order valence-electron chi connectivity index (χ3n) is 6.84. The summed E-state index contributed by atoms with van der Waals surface area (Å²) in [4.78, 5) is 26.2. The van der Waals surface area contributed by atoms with E-state index in [2.05, 4.69) is 21.2 Å². The molecule has 1 fully saturated rings. The Morgan fingerprint density at radius 2 is 1.76 bits per heavy atom. The summed E-state index contributed by atoms with van der Waals surface area (Å²) in [6.45, 7) is 2.67. The Morgan fingerprint density at radius 1 is 0.947 bits per heavy atom. The number of aromatic nitrogens is 6. The van der Waals surface area contributed by atoms with Gasteiger partial charge in [-0.1, -0.05) is 30.3 Å². The highest BCUT2D eigenvalue weighted by molar-refractivity contribution is 5.86. The van der Waals surface area contributed by atoms with E-state index in [4.69, 9.17) is 9.97 Å². The molecule has 188 valence electrons. The van der Waals surface area contributed by atoms with E-state index in [1.165, 1.54) is 0 Å². The van der Waals surface area contributed by atoms with Crippen molar-refractivity contribution in [1.82, 2.24) is 34.3 Å². The molecule has 38 heavy (non-hydrogen) atoms. The molecule has 10 nitrogen and oxygen atoms in total. The van der Waals surface area contributed by atoms with E-state index in [1.807, 2.05) is 60.7 Å². The van der Waals surface area contributed by atoms with Gasteiger partial charge in [-0.15, -0.1) is 0 Å². The number of pyridine rings is 1. The van der Waals surface area contributed by atoms with Crippen LogP contribution in [0.2, 0.25) is 0 Å². The highest BCUT2D eigenvalue weighted by atomic mass is 16.2. The SMILES string of the molecule is Cn1cc(-c2cc(-c3cnc(N4CCN(C(=O)Cc5ccccc5)CC4)cn3)c3c(C#N)cnn3c2)cn1. The van der Waals surface area contributed by atoms with Crippen molar-refractivity contribution in [2.75, 3.05) is 31.1 Å². The van der Waals surface area contributed by atoms with E-state index in [0.717, 1.165) is 28.1 Å². The van der Waals surface area contributed by atoms with Crippen molar-refractivity contribution in [3.63, 3.8) is 0 Å². The molecule has 6 rings (SSSR count). The van der Waals surface area contributed by atoms with Gasteiger partial charge in [-0.2, -0.15) is 15.5 Å². The second-order valence-corrected chi connectivity index (χ2v) is 9.30.